The van der Waals surface area contributed by atoms with Gasteiger partial charge in [0.05, 0.1) is 0 Å². The Morgan fingerprint density at radius 2 is 1.59 bits per heavy atom. The summed E-state index contributed by atoms with van der Waals surface area (Å²) >= 11 is 0. The highest BCUT2D eigenvalue weighted by molar-refractivity contribution is 5.79. The minimum atomic E-state index is -0.893. The van der Waals surface area contributed by atoms with Gasteiger partial charge >= 0.3 is 12.1 Å². The molecule has 0 heterocycles. The molecule has 2 amide bonds. The zero-order valence-corrected chi connectivity index (χ0v) is 18.5. The maximum Gasteiger partial charge on any atom is 0.407 e. The third-order valence-corrected chi connectivity index (χ3v) is 5.76. The van der Waals surface area contributed by atoms with Gasteiger partial charge in [0.25, 0.3) is 0 Å². The third kappa shape index (κ3) is 5.87. The van der Waals surface area contributed by atoms with Crippen LogP contribution in [-0.4, -0.2) is 42.3 Å². The molecule has 7 heteroatoms. The number of amides is 2. The van der Waals surface area contributed by atoms with E-state index in [9.17, 15) is 14.4 Å². The maximum absolute atomic E-state index is 12.4. The van der Waals surface area contributed by atoms with Gasteiger partial charge in [0.1, 0.15) is 6.61 Å². The van der Waals surface area contributed by atoms with E-state index in [1.54, 1.807) is 6.92 Å². The van der Waals surface area contributed by atoms with Gasteiger partial charge in [-0.1, -0.05) is 62.4 Å². The van der Waals surface area contributed by atoms with Crippen LogP contribution in [0.1, 0.15) is 50.2 Å². The van der Waals surface area contributed by atoms with Gasteiger partial charge in [0, 0.05) is 31.3 Å². The molecule has 2 aromatic carbocycles. The Balaban J connectivity index is 1.51. The van der Waals surface area contributed by atoms with Crippen molar-refractivity contribution < 1.29 is 24.2 Å². The van der Waals surface area contributed by atoms with Crippen LogP contribution in [0.15, 0.2) is 48.5 Å². The van der Waals surface area contributed by atoms with E-state index in [0.717, 1.165) is 22.3 Å². The number of carboxylic acids is 1. The second-order valence-corrected chi connectivity index (χ2v) is 8.29. The van der Waals surface area contributed by atoms with Crippen molar-refractivity contribution in [1.82, 2.24) is 10.6 Å². The average Bonchev–Trinajstić information content (AvgIpc) is 3.09. The zero-order chi connectivity index (χ0) is 23.1. The molecule has 0 radical (unpaired) electrons. The van der Waals surface area contributed by atoms with Crippen LogP contribution in [-0.2, 0) is 14.3 Å². The van der Waals surface area contributed by atoms with Crippen LogP contribution in [0.3, 0.4) is 0 Å². The van der Waals surface area contributed by atoms with Crippen LogP contribution >= 0.6 is 0 Å². The molecular weight excluding hydrogens is 408 g/mol. The lowest BCUT2D eigenvalue weighted by Crippen LogP contribution is -2.40. The maximum atomic E-state index is 12.4. The molecule has 1 aliphatic carbocycles. The number of carbonyl (C=O) groups excluding carboxylic acids is 2. The van der Waals surface area contributed by atoms with E-state index >= 15 is 0 Å². The molecule has 2 atom stereocenters. The van der Waals surface area contributed by atoms with Crippen molar-refractivity contribution in [2.24, 2.45) is 5.92 Å². The van der Waals surface area contributed by atoms with Crippen LogP contribution in [0.2, 0.25) is 0 Å². The largest absolute Gasteiger partial charge is 0.481 e. The zero-order valence-electron chi connectivity index (χ0n) is 18.5. The van der Waals surface area contributed by atoms with Crippen molar-refractivity contribution in [3.8, 4) is 11.1 Å². The van der Waals surface area contributed by atoms with E-state index in [-0.39, 0.29) is 49.8 Å². The molecule has 1 unspecified atom stereocenters. The summed E-state index contributed by atoms with van der Waals surface area (Å²) in [5.41, 5.74) is 4.61. The highest BCUT2D eigenvalue weighted by Crippen LogP contribution is 2.44. The molecule has 0 aliphatic heterocycles. The SMILES string of the molecule is CC[C@H](CC(=O)NCC(C)CC(=O)O)NC(=O)OCC1c2ccccc2-c2ccccc21. The van der Waals surface area contributed by atoms with Crippen molar-refractivity contribution in [1.29, 1.82) is 0 Å². The lowest BCUT2D eigenvalue weighted by Gasteiger charge is -2.19. The number of benzene rings is 2. The molecule has 0 spiro atoms. The quantitative estimate of drug-likeness (QED) is 0.521. The van der Waals surface area contributed by atoms with Crippen molar-refractivity contribution in [3.05, 3.63) is 59.7 Å². The smallest absolute Gasteiger partial charge is 0.407 e. The van der Waals surface area contributed by atoms with Crippen molar-refractivity contribution in [3.63, 3.8) is 0 Å². The van der Waals surface area contributed by atoms with E-state index < -0.39 is 12.1 Å². The van der Waals surface area contributed by atoms with Gasteiger partial charge in [-0.25, -0.2) is 4.79 Å². The minimum absolute atomic E-state index is 0.00448. The molecule has 3 N–H and O–H groups in total. The fourth-order valence-electron chi connectivity index (χ4n) is 4.06. The first kappa shape index (κ1) is 23.3. The molecule has 0 saturated carbocycles. The van der Waals surface area contributed by atoms with Gasteiger partial charge in [-0.05, 0) is 34.6 Å². The van der Waals surface area contributed by atoms with Gasteiger partial charge < -0.3 is 20.5 Å². The molecule has 1 aliphatic rings. The van der Waals surface area contributed by atoms with Gasteiger partial charge in [0.2, 0.25) is 5.91 Å². The van der Waals surface area contributed by atoms with Crippen LogP contribution in [0.25, 0.3) is 11.1 Å². The molecule has 3 rings (SSSR count). The summed E-state index contributed by atoms with van der Waals surface area (Å²) in [7, 11) is 0. The van der Waals surface area contributed by atoms with Gasteiger partial charge in [-0.15, -0.1) is 0 Å². The summed E-state index contributed by atoms with van der Waals surface area (Å²) < 4.78 is 5.55. The van der Waals surface area contributed by atoms with Gasteiger partial charge in [-0.2, -0.15) is 0 Å². The Hall–Kier alpha value is -3.35. The standard InChI is InChI=1S/C25H30N2O5/c1-3-17(13-23(28)26-14-16(2)12-24(29)30)27-25(31)32-15-22-20-10-6-4-8-18(20)19-9-5-7-11-21(19)22/h4-11,16-17,22H,3,12-15H2,1-2H3,(H,26,28)(H,27,31)(H,29,30)/t16?,17-/m1/s1. The number of carboxylic acid groups (broad SMARTS) is 1. The van der Waals surface area contributed by atoms with Crippen molar-refractivity contribution in [2.75, 3.05) is 13.2 Å². The highest BCUT2D eigenvalue weighted by Gasteiger charge is 2.29. The monoisotopic (exact) mass is 438 g/mol. The van der Waals surface area contributed by atoms with Crippen LogP contribution < -0.4 is 10.6 Å². The minimum Gasteiger partial charge on any atom is -0.481 e. The van der Waals surface area contributed by atoms with Gasteiger partial charge in [0.15, 0.2) is 0 Å². The van der Waals surface area contributed by atoms with E-state index in [2.05, 4.69) is 34.9 Å². The summed E-state index contributed by atoms with van der Waals surface area (Å²) in [6.45, 7) is 4.15. The molecule has 32 heavy (non-hydrogen) atoms. The Bertz CT molecular complexity index is 929. The predicted octanol–water partition coefficient (Wildman–Crippen LogP) is 3.92. The molecule has 7 nitrogen and oxygen atoms in total. The van der Waals surface area contributed by atoms with Crippen molar-refractivity contribution in [2.45, 2.75) is 45.1 Å². The Morgan fingerprint density at radius 3 is 2.16 bits per heavy atom. The van der Waals surface area contributed by atoms with E-state index in [4.69, 9.17) is 9.84 Å². The van der Waals surface area contributed by atoms with Crippen LogP contribution in [0, 0.1) is 5.92 Å². The number of hydrogen-bond acceptors (Lipinski definition) is 4. The molecule has 0 bridgehead atoms. The van der Waals surface area contributed by atoms with Crippen LogP contribution in [0.4, 0.5) is 4.79 Å². The fraction of sp³-hybridized carbons (Fsp3) is 0.400. The molecule has 0 aromatic heterocycles. The number of fused-ring (bicyclic) bond motifs is 3. The predicted molar refractivity (Wildman–Crippen MR) is 121 cm³/mol. The summed E-state index contributed by atoms with van der Waals surface area (Å²) in [4.78, 5) is 35.3. The summed E-state index contributed by atoms with van der Waals surface area (Å²) in [5, 5.41) is 14.3. The summed E-state index contributed by atoms with van der Waals surface area (Å²) in [5.74, 6) is -1.30. The first-order valence-electron chi connectivity index (χ1n) is 11.0. The van der Waals surface area contributed by atoms with E-state index in [1.165, 1.54) is 0 Å². The first-order valence-corrected chi connectivity index (χ1v) is 11.0. The Kier molecular flexibility index (Phi) is 7.87. The molecular formula is C25H30N2O5. The second-order valence-electron chi connectivity index (χ2n) is 8.29. The number of aliphatic carboxylic acids is 1. The number of rotatable bonds is 10. The van der Waals surface area contributed by atoms with E-state index in [0.29, 0.717) is 6.42 Å². The summed E-state index contributed by atoms with van der Waals surface area (Å²) in [6.07, 6.45) is 0.129. The first-order chi connectivity index (χ1) is 15.4. The highest BCUT2D eigenvalue weighted by atomic mass is 16.5. The number of nitrogens with one attached hydrogen (secondary N) is 2. The normalized spacial score (nSPS) is 14.1. The van der Waals surface area contributed by atoms with Crippen LogP contribution in [0.5, 0.6) is 0 Å². The molecule has 0 fully saturated rings. The van der Waals surface area contributed by atoms with Crippen molar-refractivity contribution >= 4 is 18.0 Å². The number of hydrogen-bond donors (Lipinski definition) is 3. The number of alkyl carbamates (subject to hydrolysis) is 1. The topological polar surface area (TPSA) is 105 Å². The molecule has 0 saturated heterocycles. The molecule has 170 valence electrons. The summed E-state index contributed by atoms with van der Waals surface area (Å²) in [6, 6.07) is 15.9. The average molecular weight is 439 g/mol. The van der Waals surface area contributed by atoms with Gasteiger partial charge in [-0.3, -0.25) is 9.59 Å². The lowest BCUT2D eigenvalue weighted by molar-refractivity contribution is -0.138. The van der Waals surface area contributed by atoms with E-state index in [1.807, 2.05) is 31.2 Å². The second kappa shape index (κ2) is 10.8. The Labute approximate surface area is 188 Å². The third-order valence-electron chi connectivity index (χ3n) is 5.76. The number of carbonyl (C=O) groups is 3. The lowest BCUT2D eigenvalue weighted by atomic mass is 9.98. The Morgan fingerprint density at radius 1 is 1.00 bits per heavy atom. The molecule has 2 aromatic rings. The fourth-order valence-corrected chi connectivity index (χ4v) is 4.06. The number of ether oxygens (including phenoxy) is 1.